The number of nitrogens with zero attached hydrogens (tertiary/aromatic N) is 2. The van der Waals surface area contributed by atoms with Gasteiger partial charge in [-0.1, -0.05) is 103 Å². The third-order valence-corrected chi connectivity index (χ3v) is 10.9. The summed E-state index contributed by atoms with van der Waals surface area (Å²) < 4.78 is 11.8. The van der Waals surface area contributed by atoms with Crippen molar-refractivity contribution in [1.82, 2.24) is 0 Å². The van der Waals surface area contributed by atoms with E-state index in [2.05, 4.69) is 110 Å². The molecular formula is C36H32N3O3P. The molecule has 43 heavy (non-hydrogen) atoms. The van der Waals surface area contributed by atoms with Gasteiger partial charge in [-0.05, 0) is 60.0 Å². The Kier molecular flexibility index (Phi) is 7.71. The summed E-state index contributed by atoms with van der Waals surface area (Å²) in [6.07, 6.45) is 0. The van der Waals surface area contributed by atoms with Crippen LogP contribution in [0.3, 0.4) is 0 Å². The molecule has 0 unspecified atom stereocenters. The molecule has 6 aromatic rings. The highest BCUT2D eigenvalue weighted by atomic mass is 31.2. The molecule has 0 saturated carbocycles. The summed E-state index contributed by atoms with van der Waals surface area (Å²) in [5.41, 5.74) is 3.74. The van der Waals surface area contributed by atoms with Gasteiger partial charge in [0, 0.05) is 16.7 Å². The number of ether oxygens (including phenoxy) is 1. The second-order valence-corrected chi connectivity index (χ2v) is 13.2. The molecule has 0 spiro atoms. The van der Waals surface area contributed by atoms with Crippen LogP contribution in [0.5, 0.6) is 5.75 Å². The first-order valence-electron chi connectivity index (χ1n) is 14.3. The van der Waals surface area contributed by atoms with Crippen LogP contribution in [0.15, 0.2) is 126 Å². The largest absolute Gasteiger partial charge is 0.491 e. The van der Waals surface area contributed by atoms with Crippen molar-refractivity contribution in [3.8, 4) is 5.75 Å². The predicted molar refractivity (Wildman–Crippen MR) is 180 cm³/mol. The molecular weight excluding hydrogens is 553 g/mol. The number of rotatable bonds is 8. The number of aryl methyl sites for hydroxylation is 2. The monoisotopic (exact) mass is 585 g/mol. The topological polar surface area (TPSA) is 76.8 Å². The number of non-ortho nitro benzene ring substituents is 1. The molecule has 0 radical (unpaired) electrons. The van der Waals surface area contributed by atoms with Gasteiger partial charge in [-0.25, -0.2) is 4.74 Å². The lowest BCUT2D eigenvalue weighted by molar-refractivity contribution is -0.384. The number of nitro benzene ring substituents is 1. The average molecular weight is 586 g/mol. The fraction of sp³-hybridized carbons (Fsp3) is 0.111. The molecule has 0 aliphatic heterocycles. The van der Waals surface area contributed by atoms with Crippen molar-refractivity contribution in [2.45, 2.75) is 20.8 Å². The molecule has 7 heteroatoms. The SMILES string of the molecule is CCOc1cc([N+](=O)[O-])ccc1NP(=Nc1ccc(C)cc1C)(c1cccc2ccccc12)c1cccc2ccccc12. The standard InChI is InChI=1S/C36H32N3O3P/c1-4-42-34-24-29(39(40)41)20-22-33(34)38-43(37-32-21-19-25(2)23-26(32)3,35-17-9-13-27-11-5-7-15-30(27)35)36-18-10-14-28-12-6-8-16-31(28)36/h5-24,38H,4H2,1-3H3. The summed E-state index contributed by atoms with van der Waals surface area (Å²) in [7, 11) is -2.94. The van der Waals surface area contributed by atoms with Gasteiger partial charge in [-0.15, -0.1) is 0 Å². The summed E-state index contributed by atoms with van der Waals surface area (Å²) in [5, 5.41) is 22.1. The maximum atomic E-state index is 11.7. The summed E-state index contributed by atoms with van der Waals surface area (Å²) in [6.45, 7) is 6.40. The van der Waals surface area contributed by atoms with Gasteiger partial charge in [0.15, 0.2) is 0 Å². The molecule has 6 nitrogen and oxygen atoms in total. The number of fused-ring (bicyclic) bond motifs is 2. The Morgan fingerprint density at radius 1 is 0.767 bits per heavy atom. The van der Waals surface area contributed by atoms with Crippen LogP contribution in [-0.2, 0) is 0 Å². The smallest absolute Gasteiger partial charge is 0.273 e. The van der Waals surface area contributed by atoms with Crippen molar-refractivity contribution < 1.29 is 9.66 Å². The van der Waals surface area contributed by atoms with Gasteiger partial charge >= 0.3 is 0 Å². The van der Waals surface area contributed by atoms with Gasteiger partial charge in [-0.3, -0.25) is 10.1 Å². The zero-order chi connectivity index (χ0) is 30.0. The minimum atomic E-state index is -2.94. The van der Waals surface area contributed by atoms with Crippen LogP contribution in [0, 0.1) is 24.0 Å². The van der Waals surface area contributed by atoms with Crippen molar-refractivity contribution >= 4 is 56.4 Å². The zero-order valence-corrected chi connectivity index (χ0v) is 25.2. The molecule has 1 N–H and O–H groups in total. The van der Waals surface area contributed by atoms with Crippen LogP contribution in [0.2, 0.25) is 0 Å². The van der Waals surface area contributed by atoms with E-state index >= 15 is 0 Å². The van der Waals surface area contributed by atoms with Crippen LogP contribution in [0.25, 0.3) is 21.5 Å². The van der Waals surface area contributed by atoms with E-state index in [1.165, 1.54) is 12.1 Å². The first kappa shape index (κ1) is 28.2. The Balaban J connectivity index is 1.79. The Hall–Kier alpha value is -4.93. The molecule has 0 amide bonds. The van der Waals surface area contributed by atoms with Crippen molar-refractivity contribution in [3.63, 3.8) is 0 Å². The van der Waals surface area contributed by atoms with Gasteiger partial charge in [0.1, 0.15) is 13.0 Å². The predicted octanol–water partition coefficient (Wildman–Crippen LogP) is 9.43. The molecule has 6 aromatic carbocycles. The first-order chi connectivity index (χ1) is 20.9. The van der Waals surface area contributed by atoms with E-state index in [1.54, 1.807) is 6.07 Å². The Morgan fingerprint density at radius 3 is 1.95 bits per heavy atom. The molecule has 0 atom stereocenters. The highest BCUT2D eigenvalue weighted by Gasteiger charge is 2.31. The van der Waals surface area contributed by atoms with Gasteiger partial charge in [0.05, 0.1) is 29.0 Å². The molecule has 0 aliphatic rings. The van der Waals surface area contributed by atoms with E-state index < -0.39 is 12.1 Å². The van der Waals surface area contributed by atoms with E-state index in [1.807, 2.05) is 19.1 Å². The lowest BCUT2D eigenvalue weighted by atomic mass is 10.1. The molecule has 0 saturated heterocycles. The van der Waals surface area contributed by atoms with Gasteiger partial charge in [0.25, 0.3) is 5.69 Å². The maximum Gasteiger partial charge on any atom is 0.273 e. The molecule has 0 fully saturated rings. The number of benzene rings is 6. The van der Waals surface area contributed by atoms with Gasteiger partial charge in [-0.2, -0.15) is 0 Å². The van der Waals surface area contributed by atoms with Gasteiger partial charge in [0.2, 0.25) is 0 Å². The normalized spacial score (nSPS) is 11.4. The summed E-state index contributed by atoms with van der Waals surface area (Å²) in [6, 6.07) is 40.5. The number of hydrogen-bond donors (Lipinski definition) is 1. The number of anilines is 1. The van der Waals surface area contributed by atoms with E-state index in [4.69, 9.17) is 9.48 Å². The highest BCUT2D eigenvalue weighted by Crippen LogP contribution is 2.54. The summed E-state index contributed by atoms with van der Waals surface area (Å²) >= 11 is 0. The molecule has 0 aliphatic carbocycles. The van der Waals surface area contributed by atoms with Crippen LogP contribution in [0.4, 0.5) is 17.1 Å². The number of hydrogen-bond acceptors (Lipinski definition) is 4. The quantitative estimate of drug-likeness (QED) is 0.110. The Morgan fingerprint density at radius 2 is 1.37 bits per heavy atom. The average Bonchev–Trinajstić information content (AvgIpc) is 3.02. The second kappa shape index (κ2) is 11.7. The number of nitrogens with one attached hydrogen (secondary N) is 1. The summed E-state index contributed by atoms with van der Waals surface area (Å²) in [4.78, 5) is 11.3. The molecule has 0 heterocycles. The third-order valence-electron chi connectivity index (χ3n) is 7.60. The molecule has 214 valence electrons. The van der Waals surface area contributed by atoms with Crippen LogP contribution < -0.4 is 20.4 Å². The lowest BCUT2D eigenvalue weighted by Gasteiger charge is -2.31. The third kappa shape index (κ3) is 5.38. The Bertz CT molecular complexity index is 1960. The van der Waals surface area contributed by atoms with Crippen molar-refractivity contribution in [2.24, 2.45) is 4.74 Å². The molecule has 0 bridgehead atoms. The summed E-state index contributed by atoms with van der Waals surface area (Å²) in [5.74, 6) is 0.414. The van der Waals surface area contributed by atoms with Crippen LogP contribution in [0.1, 0.15) is 18.1 Å². The Labute approximate surface area is 251 Å². The minimum Gasteiger partial charge on any atom is -0.491 e. The van der Waals surface area contributed by atoms with E-state index in [9.17, 15) is 10.1 Å². The minimum absolute atomic E-state index is 0.0282. The first-order valence-corrected chi connectivity index (χ1v) is 16.0. The highest BCUT2D eigenvalue weighted by molar-refractivity contribution is 7.83. The molecule has 0 aromatic heterocycles. The van der Waals surface area contributed by atoms with Crippen LogP contribution >= 0.6 is 7.21 Å². The van der Waals surface area contributed by atoms with E-state index in [-0.39, 0.29) is 5.69 Å². The lowest BCUT2D eigenvalue weighted by Crippen LogP contribution is -2.24. The van der Waals surface area contributed by atoms with Crippen molar-refractivity contribution in [1.29, 1.82) is 0 Å². The van der Waals surface area contributed by atoms with Crippen LogP contribution in [-0.4, -0.2) is 11.5 Å². The fourth-order valence-electron chi connectivity index (χ4n) is 5.61. The number of nitro groups is 1. The fourth-order valence-corrected chi connectivity index (χ4v) is 9.16. The van der Waals surface area contributed by atoms with Crippen molar-refractivity contribution in [2.75, 3.05) is 11.7 Å². The van der Waals surface area contributed by atoms with Gasteiger partial charge < -0.3 is 9.82 Å². The van der Waals surface area contributed by atoms with Crippen molar-refractivity contribution in [3.05, 3.63) is 143 Å². The zero-order valence-electron chi connectivity index (χ0n) is 24.3. The second-order valence-electron chi connectivity index (χ2n) is 10.5. The van der Waals surface area contributed by atoms with E-state index in [0.29, 0.717) is 18.0 Å². The maximum absolute atomic E-state index is 11.7. The van der Waals surface area contributed by atoms with E-state index in [0.717, 1.165) is 49.0 Å². The molecule has 6 rings (SSSR count).